The standard InChI is InChI=1S/C12H18N2O/c1-9(2)15-8-10-5-11-7-13-4-3-12(11)14-6-10/h5-6,9,13H,3-4,7-8H2,1-2H3. The van der Waals surface area contributed by atoms with Crippen LogP contribution >= 0.6 is 0 Å². The Morgan fingerprint density at radius 2 is 2.40 bits per heavy atom. The van der Waals surface area contributed by atoms with Crippen molar-refractivity contribution in [3.8, 4) is 0 Å². The fourth-order valence-electron chi connectivity index (χ4n) is 1.74. The van der Waals surface area contributed by atoms with Crippen LogP contribution in [0.2, 0.25) is 0 Å². The molecule has 0 amide bonds. The number of ether oxygens (including phenoxy) is 1. The number of rotatable bonds is 3. The second kappa shape index (κ2) is 4.73. The zero-order valence-electron chi connectivity index (χ0n) is 9.42. The summed E-state index contributed by atoms with van der Waals surface area (Å²) in [4.78, 5) is 4.48. The van der Waals surface area contributed by atoms with Crippen LogP contribution in [0.3, 0.4) is 0 Å². The molecule has 3 nitrogen and oxygen atoms in total. The smallest absolute Gasteiger partial charge is 0.0735 e. The molecule has 0 unspecified atom stereocenters. The maximum atomic E-state index is 5.56. The number of nitrogens with one attached hydrogen (secondary N) is 1. The van der Waals surface area contributed by atoms with Crippen molar-refractivity contribution in [2.24, 2.45) is 0 Å². The molecule has 0 radical (unpaired) electrons. The summed E-state index contributed by atoms with van der Waals surface area (Å²) in [5.41, 5.74) is 3.74. The molecule has 0 spiro atoms. The van der Waals surface area contributed by atoms with Crippen LogP contribution in [0, 0.1) is 0 Å². The van der Waals surface area contributed by atoms with Gasteiger partial charge in [0.15, 0.2) is 0 Å². The molecule has 82 valence electrons. The van der Waals surface area contributed by atoms with Gasteiger partial charge < -0.3 is 10.1 Å². The molecule has 0 fully saturated rings. The summed E-state index contributed by atoms with van der Waals surface area (Å²) in [7, 11) is 0. The van der Waals surface area contributed by atoms with E-state index >= 15 is 0 Å². The van der Waals surface area contributed by atoms with Crippen LogP contribution in [-0.4, -0.2) is 17.6 Å². The average molecular weight is 206 g/mol. The minimum Gasteiger partial charge on any atom is -0.374 e. The lowest BCUT2D eigenvalue weighted by Gasteiger charge is -2.17. The molecule has 1 aromatic heterocycles. The van der Waals surface area contributed by atoms with Crippen molar-refractivity contribution in [2.45, 2.75) is 39.5 Å². The van der Waals surface area contributed by atoms with Gasteiger partial charge in [-0.25, -0.2) is 0 Å². The Bertz CT molecular complexity index is 336. The van der Waals surface area contributed by atoms with Gasteiger partial charge in [-0.2, -0.15) is 0 Å². The molecule has 2 rings (SSSR count). The highest BCUT2D eigenvalue weighted by Crippen LogP contribution is 2.13. The molecule has 0 aliphatic carbocycles. The molecule has 3 heteroatoms. The number of fused-ring (bicyclic) bond motifs is 1. The molecule has 0 aromatic carbocycles. The maximum Gasteiger partial charge on any atom is 0.0735 e. The van der Waals surface area contributed by atoms with Crippen LogP contribution < -0.4 is 5.32 Å². The second-order valence-electron chi connectivity index (χ2n) is 4.24. The van der Waals surface area contributed by atoms with Crippen LogP contribution in [0.25, 0.3) is 0 Å². The zero-order chi connectivity index (χ0) is 10.7. The van der Waals surface area contributed by atoms with E-state index in [4.69, 9.17) is 4.74 Å². The van der Waals surface area contributed by atoms with Crippen LogP contribution in [0.15, 0.2) is 12.3 Å². The minimum absolute atomic E-state index is 0.277. The quantitative estimate of drug-likeness (QED) is 0.816. The van der Waals surface area contributed by atoms with E-state index in [-0.39, 0.29) is 6.10 Å². The topological polar surface area (TPSA) is 34.1 Å². The number of pyridine rings is 1. The van der Waals surface area contributed by atoms with Crippen molar-refractivity contribution >= 4 is 0 Å². The van der Waals surface area contributed by atoms with E-state index in [1.54, 1.807) is 0 Å². The van der Waals surface area contributed by atoms with E-state index < -0.39 is 0 Å². The first-order valence-electron chi connectivity index (χ1n) is 5.54. The highest BCUT2D eigenvalue weighted by Gasteiger charge is 2.10. The summed E-state index contributed by atoms with van der Waals surface area (Å²) in [6.07, 6.45) is 3.26. The van der Waals surface area contributed by atoms with Gasteiger partial charge in [0.1, 0.15) is 0 Å². The first-order valence-corrected chi connectivity index (χ1v) is 5.54. The molecule has 0 saturated heterocycles. The second-order valence-corrected chi connectivity index (χ2v) is 4.24. The van der Waals surface area contributed by atoms with Crippen molar-refractivity contribution < 1.29 is 4.74 Å². The SMILES string of the molecule is CC(C)OCc1cnc2c(c1)CNCC2. The van der Waals surface area contributed by atoms with E-state index in [0.29, 0.717) is 6.61 Å². The largest absolute Gasteiger partial charge is 0.374 e. The molecule has 1 aromatic rings. The van der Waals surface area contributed by atoms with Gasteiger partial charge in [0.05, 0.1) is 12.7 Å². The number of hydrogen-bond acceptors (Lipinski definition) is 3. The Kier molecular flexibility index (Phi) is 3.34. The highest BCUT2D eigenvalue weighted by molar-refractivity contribution is 5.26. The summed E-state index contributed by atoms with van der Waals surface area (Å²) in [6, 6.07) is 2.21. The molecule has 0 bridgehead atoms. The third-order valence-corrected chi connectivity index (χ3v) is 2.55. The molecular formula is C12H18N2O. The zero-order valence-corrected chi connectivity index (χ0v) is 9.42. The lowest BCUT2D eigenvalue weighted by Crippen LogP contribution is -2.24. The third-order valence-electron chi connectivity index (χ3n) is 2.55. The number of nitrogens with zero attached hydrogens (tertiary/aromatic N) is 1. The Hall–Kier alpha value is -0.930. The normalized spacial score (nSPS) is 15.4. The van der Waals surface area contributed by atoms with Crippen LogP contribution in [0.1, 0.15) is 30.7 Å². The van der Waals surface area contributed by atoms with Gasteiger partial charge in [0, 0.05) is 31.4 Å². The van der Waals surface area contributed by atoms with Crippen molar-refractivity contribution in [3.05, 3.63) is 29.1 Å². The molecule has 1 aliphatic rings. The molecule has 0 atom stereocenters. The van der Waals surface area contributed by atoms with Gasteiger partial charge in [0.25, 0.3) is 0 Å². The van der Waals surface area contributed by atoms with Crippen LogP contribution in [0.5, 0.6) is 0 Å². The predicted molar refractivity (Wildman–Crippen MR) is 59.6 cm³/mol. The van der Waals surface area contributed by atoms with Gasteiger partial charge >= 0.3 is 0 Å². The van der Waals surface area contributed by atoms with Gasteiger partial charge in [0.2, 0.25) is 0 Å². The third kappa shape index (κ3) is 2.76. The van der Waals surface area contributed by atoms with Crippen molar-refractivity contribution in [3.63, 3.8) is 0 Å². The van der Waals surface area contributed by atoms with Crippen molar-refractivity contribution in [2.75, 3.05) is 6.54 Å². The maximum absolute atomic E-state index is 5.56. The molecule has 15 heavy (non-hydrogen) atoms. The summed E-state index contributed by atoms with van der Waals surface area (Å²) in [5, 5.41) is 3.35. The molecular weight excluding hydrogens is 188 g/mol. The first-order chi connectivity index (χ1) is 7.25. The van der Waals surface area contributed by atoms with Crippen molar-refractivity contribution in [1.29, 1.82) is 0 Å². The summed E-state index contributed by atoms with van der Waals surface area (Å²) >= 11 is 0. The predicted octanol–water partition coefficient (Wildman–Crippen LogP) is 1.65. The number of aromatic nitrogens is 1. The lowest BCUT2D eigenvalue weighted by atomic mass is 10.1. The molecule has 0 saturated carbocycles. The Morgan fingerprint density at radius 3 is 3.20 bits per heavy atom. The van der Waals surface area contributed by atoms with Gasteiger partial charge in [-0.05, 0) is 31.0 Å². The highest BCUT2D eigenvalue weighted by atomic mass is 16.5. The van der Waals surface area contributed by atoms with Crippen LogP contribution in [-0.2, 0) is 24.3 Å². The van der Waals surface area contributed by atoms with Gasteiger partial charge in [-0.1, -0.05) is 0 Å². The minimum atomic E-state index is 0.277. The van der Waals surface area contributed by atoms with Gasteiger partial charge in [-0.15, -0.1) is 0 Å². The van der Waals surface area contributed by atoms with Gasteiger partial charge in [-0.3, -0.25) is 4.98 Å². The fourth-order valence-corrected chi connectivity index (χ4v) is 1.74. The first kappa shape index (κ1) is 10.6. The summed E-state index contributed by atoms with van der Waals surface area (Å²) < 4.78 is 5.56. The van der Waals surface area contributed by atoms with E-state index in [1.165, 1.54) is 16.8 Å². The number of hydrogen-bond donors (Lipinski definition) is 1. The van der Waals surface area contributed by atoms with E-state index in [2.05, 4.69) is 16.4 Å². The van der Waals surface area contributed by atoms with Crippen molar-refractivity contribution in [1.82, 2.24) is 10.3 Å². The lowest BCUT2D eigenvalue weighted by molar-refractivity contribution is 0.0655. The Balaban J connectivity index is 2.07. The average Bonchev–Trinajstić information content (AvgIpc) is 2.26. The molecule has 1 N–H and O–H groups in total. The van der Waals surface area contributed by atoms with E-state index in [0.717, 1.165) is 19.5 Å². The Morgan fingerprint density at radius 1 is 1.53 bits per heavy atom. The monoisotopic (exact) mass is 206 g/mol. The fraction of sp³-hybridized carbons (Fsp3) is 0.583. The van der Waals surface area contributed by atoms with E-state index in [1.807, 2.05) is 20.0 Å². The Labute approximate surface area is 90.9 Å². The van der Waals surface area contributed by atoms with E-state index in [9.17, 15) is 0 Å². The van der Waals surface area contributed by atoms with Crippen LogP contribution in [0.4, 0.5) is 0 Å². The molecule has 2 heterocycles. The summed E-state index contributed by atoms with van der Waals surface area (Å²) in [6.45, 7) is 6.75. The molecule has 1 aliphatic heterocycles. The summed E-state index contributed by atoms with van der Waals surface area (Å²) in [5.74, 6) is 0.